The number of pyridine rings is 1. The molecule has 4 nitrogen and oxygen atoms in total. The molecule has 19 heavy (non-hydrogen) atoms. The molecule has 1 aromatic heterocycles. The minimum absolute atomic E-state index is 0.152. The van der Waals surface area contributed by atoms with E-state index >= 15 is 0 Å². The summed E-state index contributed by atoms with van der Waals surface area (Å²) in [6, 6.07) is 3.99. The molecule has 0 radical (unpaired) electrons. The van der Waals surface area contributed by atoms with Crippen LogP contribution in [0.15, 0.2) is 18.3 Å². The number of likely N-dealkylation sites (tertiary alicyclic amines) is 1. The Labute approximate surface area is 116 Å². The van der Waals surface area contributed by atoms with Crippen LogP contribution in [0.5, 0.6) is 5.88 Å². The summed E-state index contributed by atoms with van der Waals surface area (Å²) in [5.74, 6) is 1.47. The van der Waals surface area contributed by atoms with E-state index in [9.17, 15) is 0 Å². The number of hydrogen-bond acceptors (Lipinski definition) is 4. The monoisotopic (exact) mass is 263 g/mol. The Morgan fingerprint density at radius 2 is 2.16 bits per heavy atom. The fourth-order valence-electron chi connectivity index (χ4n) is 2.36. The zero-order valence-electron chi connectivity index (χ0n) is 12.2. The van der Waals surface area contributed by atoms with Gasteiger partial charge in [-0.15, -0.1) is 0 Å². The lowest BCUT2D eigenvalue weighted by Crippen LogP contribution is -2.33. The average Bonchev–Trinajstić information content (AvgIpc) is 2.39. The number of rotatable bonds is 5. The third kappa shape index (κ3) is 4.39. The van der Waals surface area contributed by atoms with Crippen LogP contribution in [0.25, 0.3) is 0 Å². The van der Waals surface area contributed by atoms with Crippen molar-refractivity contribution in [3.8, 4) is 5.88 Å². The first-order valence-corrected chi connectivity index (χ1v) is 7.19. The third-order valence-electron chi connectivity index (χ3n) is 3.54. The third-order valence-corrected chi connectivity index (χ3v) is 3.54. The van der Waals surface area contributed by atoms with Gasteiger partial charge in [-0.3, -0.25) is 0 Å². The maximum atomic E-state index is 5.72. The highest BCUT2D eigenvalue weighted by Crippen LogP contribution is 2.23. The normalized spacial score (nSPS) is 17.7. The van der Waals surface area contributed by atoms with E-state index in [1.54, 1.807) is 6.20 Å². The van der Waals surface area contributed by atoms with Crippen LogP contribution in [0, 0.1) is 5.92 Å². The Hall–Kier alpha value is -1.29. The standard InChI is InChI=1S/C15H25N3O/c1-12(2)19-15-14(5-4-8-16-15)17-11-13-6-9-18(3)10-7-13/h4-5,8,12-13,17H,6-7,9-11H2,1-3H3. The summed E-state index contributed by atoms with van der Waals surface area (Å²) >= 11 is 0. The van der Waals surface area contributed by atoms with E-state index in [0.29, 0.717) is 5.88 Å². The van der Waals surface area contributed by atoms with E-state index in [2.05, 4.69) is 22.2 Å². The van der Waals surface area contributed by atoms with Gasteiger partial charge in [0.15, 0.2) is 0 Å². The predicted octanol–water partition coefficient (Wildman–Crippen LogP) is 2.62. The molecule has 106 valence electrons. The van der Waals surface area contributed by atoms with Crippen molar-refractivity contribution < 1.29 is 4.74 Å². The van der Waals surface area contributed by atoms with Gasteiger partial charge in [0.05, 0.1) is 11.8 Å². The van der Waals surface area contributed by atoms with Crippen molar-refractivity contribution in [3.63, 3.8) is 0 Å². The summed E-state index contributed by atoms with van der Waals surface area (Å²) < 4.78 is 5.72. The van der Waals surface area contributed by atoms with Crippen molar-refractivity contribution in [1.82, 2.24) is 9.88 Å². The minimum atomic E-state index is 0.152. The first-order valence-electron chi connectivity index (χ1n) is 7.19. The van der Waals surface area contributed by atoms with Crippen LogP contribution in [-0.4, -0.2) is 42.7 Å². The molecule has 0 saturated carbocycles. The van der Waals surface area contributed by atoms with E-state index in [4.69, 9.17) is 4.74 Å². The second kappa shape index (κ2) is 6.75. The molecule has 2 rings (SSSR count). The van der Waals surface area contributed by atoms with Gasteiger partial charge in [0.1, 0.15) is 0 Å². The Bertz CT molecular complexity index is 387. The van der Waals surface area contributed by atoms with Crippen LogP contribution in [0.2, 0.25) is 0 Å². The number of aromatic nitrogens is 1. The molecular weight excluding hydrogens is 238 g/mol. The maximum Gasteiger partial charge on any atom is 0.237 e. The van der Waals surface area contributed by atoms with Crippen molar-refractivity contribution in [2.75, 3.05) is 32.0 Å². The molecule has 4 heteroatoms. The number of nitrogens with zero attached hydrogens (tertiary/aromatic N) is 2. The first-order chi connectivity index (χ1) is 9.15. The average molecular weight is 263 g/mol. The van der Waals surface area contributed by atoms with Crippen molar-refractivity contribution in [2.24, 2.45) is 5.92 Å². The molecule has 0 amide bonds. The first kappa shape index (κ1) is 14.1. The van der Waals surface area contributed by atoms with Crippen LogP contribution in [0.1, 0.15) is 26.7 Å². The zero-order chi connectivity index (χ0) is 13.7. The minimum Gasteiger partial charge on any atom is -0.473 e. The predicted molar refractivity (Wildman–Crippen MR) is 78.7 cm³/mol. The van der Waals surface area contributed by atoms with E-state index in [0.717, 1.165) is 18.2 Å². The molecule has 1 fully saturated rings. The summed E-state index contributed by atoms with van der Waals surface area (Å²) in [6.45, 7) is 7.46. The second-order valence-electron chi connectivity index (χ2n) is 5.65. The fraction of sp³-hybridized carbons (Fsp3) is 0.667. The summed E-state index contributed by atoms with van der Waals surface area (Å²) in [4.78, 5) is 6.70. The van der Waals surface area contributed by atoms with Gasteiger partial charge in [0, 0.05) is 12.7 Å². The van der Waals surface area contributed by atoms with Gasteiger partial charge in [-0.25, -0.2) is 4.98 Å². The van der Waals surface area contributed by atoms with E-state index < -0.39 is 0 Å². The van der Waals surface area contributed by atoms with Gasteiger partial charge in [0.2, 0.25) is 5.88 Å². The van der Waals surface area contributed by atoms with Crippen LogP contribution in [0.3, 0.4) is 0 Å². The lowest BCUT2D eigenvalue weighted by molar-refractivity contribution is 0.224. The second-order valence-corrected chi connectivity index (χ2v) is 5.65. The zero-order valence-corrected chi connectivity index (χ0v) is 12.2. The quantitative estimate of drug-likeness (QED) is 0.886. The van der Waals surface area contributed by atoms with Gasteiger partial charge < -0.3 is 15.0 Å². The molecule has 1 saturated heterocycles. The number of anilines is 1. The molecule has 1 aliphatic heterocycles. The van der Waals surface area contributed by atoms with Gasteiger partial charge >= 0.3 is 0 Å². The van der Waals surface area contributed by atoms with Crippen molar-refractivity contribution >= 4 is 5.69 Å². The van der Waals surface area contributed by atoms with Crippen molar-refractivity contribution in [1.29, 1.82) is 0 Å². The summed E-state index contributed by atoms with van der Waals surface area (Å²) in [5, 5.41) is 3.50. The number of ether oxygens (including phenoxy) is 1. The number of piperidine rings is 1. The topological polar surface area (TPSA) is 37.4 Å². The summed E-state index contributed by atoms with van der Waals surface area (Å²) in [5.41, 5.74) is 1.01. The molecule has 0 atom stereocenters. The van der Waals surface area contributed by atoms with Gasteiger partial charge in [-0.05, 0) is 64.9 Å². The molecule has 0 unspecified atom stereocenters. The molecule has 0 aliphatic carbocycles. The van der Waals surface area contributed by atoms with Gasteiger partial charge in [0.25, 0.3) is 0 Å². The van der Waals surface area contributed by atoms with Crippen molar-refractivity contribution in [3.05, 3.63) is 18.3 Å². The maximum absolute atomic E-state index is 5.72. The lowest BCUT2D eigenvalue weighted by Gasteiger charge is -2.29. The molecule has 1 N–H and O–H groups in total. The highest BCUT2D eigenvalue weighted by atomic mass is 16.5. The Kier molecular flexibility index (Phi) is 5.02. The van der Waals surface area contributed by atoms with E-state index in [1.807, 2.05) is 26.0 Å². The molecule has 0 bridgehead atoms. The van der Waals surface area contributed by atoms with E-state index in [-0.39, 0.29) is 6.10 Å². The Morgan fingerprint density at radius 1 is 1.42 bits per heavy atom. The molecule has 0 aromatic carbocycles. The van der Waals surface area contributed by atoms with Crippen molar-refractivity contribution in [2.45, 2.75) is 32.8 Å². The van der Waals surface area contributed by atoms with E-state index in [1.165, 1.54) is 25.9 Å². The Balaban J connectivity index is 1.88. The molecule has 2 heterocycles. The Morgan fingerprint density at radius 3 is 2.84 bits per heavy atom. The molecule has 0 spiro atoms. The number of nitrogens with one attached hydrogen (secondary N) is 1. The summed E-state index contributed by atoms with van der Waals surface area (Å²) in [7, 11) is 2.19. The largest absolute Gasteiger partial charge is 0.473 e. The van der Waals surface area contributed by atoms with Crippen LogP contribution in [-0.2, 0) is 0 Å². The van der Waals surface area contributed by atoms with Crippen LogP contribution >= 0.6 is 0 Å². The number of hydrogen-bond donors (Lipinski definition) is 1. The SMILES string of the molecule is CC(C)Oc1ncccc1NCC1CCN(C)CC1. The summed E-state index contributed by atoms with van der Waals surface area (Å²) in [6.07, 6.45) is 4.46. The molecule has 1 aliphatic rings. The van der Waals surface area contributed by atoms with Gasteiger partial charge in [-0.2, -0.15) is 0 Å². The van der Waals surface area contributed by atoms with Crippen LogP contribution in [0.4, 0.5) is 5.69 Å². The highest BCUT2D eigenvalue weighted by molar-refractivity contribution is 5.52. The van der Waals surface area contributed by atoms with Crippen LogP contribution < -0.4 is 10.1 Å². The highest BCUT2D eigenvalue weighted by Gasteiger charge is 2.17. The smallest absolute Gasteiger partial charge is 0.237 e. The molecular formula is C15H25N3O. The lowest BCUT2D eigenvalue weighted by atomic mass is 9.97. The van der Waals surface area contributed by atoms with Gasteiger partial charge in [-0.1, -0.05) is 0 Å². The molecule has 1 aromatic rings. The fourth-order valence-corrected chi connectivity index (χ4v) is 2.36.